The normalized spacial score (nSPS) is 22.2. The highest BCUT2D eigenvalue weighted by Crippen LogP contribution is 2.45. The van der Waals surface area contributed by atoms with Crippen molar-refractivity contribution >= 4 is 39.0 Å². The van der Waals surface area contributed by atoms with E-state index in [2.05, 4.69) is 10.5 Å². The number of carbonyl (C=O) groups excluding carboxylic acids is 3. The van der Waals surface area contributed by atoms with Crippen molar-refractivity contribution in [3.63, 3.8) is 0 Å². The Balaban J connectivity index is 1.42. The number of sulfone groups is 1. The molecule has 47 heavy (non-hydrogen) atoms. The minimum atomic E-state index is -4.07. The average Bonchev–Trinajstić information content (AvgIpc) is 3.74. The van der Waals surface area contributed by atoms with Crippen molar-refractivity contribution in [3.05, 3.63) is 53.9 Å². The number of benzene rings is 1. The molecule has 5 rings (SSSR count). The third kappa shape index (κ3) is 8.09. The van der Waals surface area contributed by atoms with E-state index in [9.17, 15) is 22.8 Å². The fourth-order valence-electron chi connectivity index (χ4n) is 5.58. The summed E-state index contributed by atoms with van der Waals surface area (Å²) in [6.45, 7) is 5.22. The highest BCUT2D eigenvalue weighted by Gasteiger charge is 2.50. The number of thiophene rings is 1. The number of ether oxygens (including phenoxy) is 2. The van der Waals surface area contributed by atoms with Gasteiger partial charge in [-0.3, -0.25) is 9.59 Å². The number of oxazole rings is 1. The Kier molecular flexibility index (Phi) is 10.5. The van der Waals surface area contributed by atoms with Crippen molar-refractivity contribution in [3.8, 4) is 21.8 Å². The highest BCUT2D eigenvalue weighted by atomic mass is 32.2. The van der Waals surface area contributed by atoms with Crippen LogP contribution in [0.1, 0.15) is 57.8 Å². The summed E-state index contributed by atoms with van der Waals surface area (Å²) < 4.78 is 43.0. The number of nitrogens with one attached hydrogen (secondary N) is 1. The molecule has 0 radical (unpaired) electrons. The molecule has 2 aliphatic rings. The second-order valence-electron chi connectivity index (χ2n) is 12.6. The molecule has 2 aliphatic heterocycles. The largest absolute Gasteiger partial charge is 0.458 e. The van der Waals surface area contributed by atoms with E-state index in [1.165, 1.54) is 22.6 Å². The molecule has 2 fully saturated rings. The molecule has 13 nitrogen and oxygen atoms in total. The monoisotopic (exact) mass is 688 g/mol. The molecule has 0 spiro atoms. The smallest absolute Gasteiger partial charge is 0.333 e. The molecule has 2 amide bonds. The van der Waals surface area contributed by atoms with E-state index in [1.54, 1.807) is 33.0 Å². The summed E-state index contributed by atoms with van der Waals surface area (Å²) in [6, 6.07) is 9.45. The quantitative estimate of drug-likeness (QED) is 0.191. The number of hydrogen-bond donors (Lipinski definition) is 2. The number of nitrogens with two attached hydrogens (primary N) is 1. The Morgan fingerprint density at radius 1 is 1.13 bits per heavy atom. The molecule has 0 saturated carbocycles. The Morgan fingerprint density at radius 3 is 2.53 bits per heavy atom. The van der Waals surface area contributed by atoms with Crippen LogP contribution in [0.5, 0.6) is 0 Å². The molecule has 2 saturated heterocycles. The molecule has 15 heteroatoms. The second-order valence-corrected chi connectivity index (χ2v) is 16.1. The lowest BCUT2D eigenvalue weighted by molar-refractivity contribution is -0.200. The average molecular weight is 689 g/mol. The van der Waals surface area contributed by atoms with Gasteiger partial charge in [0.1, 0.15) is 10.3 Å². The van der Waals surface area contributed by atoms with E-state index in [-0.39, 0.29) is 19.5 Å². The van der Waals surface area contributed by atoms with Gasteiger partial charge >= 0.3 is 5.97 Å². The summed E-state index contributed by atoms with van der Waals surface area (Å²) in [7, 11) is -4.07. The van der Waals surface area contributed by atoms with Crippen LogP contribution in [-0.2, 0) is 43.3 Å². The minimum Gasteiger partial charge on any atom is -0.458 e. The maximum absolute atomic E-state index is 14.2. The Hall–Kier alpha value is -3.63. The number of carbonyl (C=O) groups is 3. The molecule has 3 N–H and O–H groups in total. The van der Waals surface area contributed by atoms with Crippen LogP contribution in [0.4, 0.5) is 0 Å². The maximum atomic E-state index is 14.2. The van der Waals surface area contributed by atoms with Crippen molar-refractivity contribution in [2.45, 2.75) is 75.6 Å². The first-order valence-electron chi connectivity index (χ1n) is 15.4. The van der Waals surface area contributed by atoms with Crippen LogP contribution in [0.15, 0.2) is 53.4 Å². The van der Waals surface area contributed by atoms with Gasteiger partial charge in [-0.05, 0) is 57.7 Å². The summed E-state index contributed by atoms with van der Waals surface area (Å²) in [6.07, 6.45) is 4.16. The van der Waals surface area contributed by atoms with Crippen molar-refractivity contribution in [1.82, 2.24) is 15.4 Å². The van der Waals surface area contributed by atoms with Crippen LogP contribution in [0.2, 0.25) is 0 Å². The van der Waals surface area contributed by atoms with Crippen LogP contribution < -0.4 is 11.2 Å². The summed E-state index contributed by atoms with van der Waals surface area (Å²) in [5.74, 6) is -2.12. The van der Waals surface area contributed by atoms with Gasteiger partial charge in [0, 0.05) is 41.4 Å². The van der Waals surface area contributed by atoms with Crippen molar-refractivity contribution < 1.29 is 41.5 Å². The van der Waals surface area contributed by atoms with E-state index < -0.39 is 62.5 Å². The number of hydrogen-bond acceptors (Lipinski definition) is 12. The molecule has 3 aromatic rings. The molecule has 2 aromatic heterocycles. The number of nitrogens with zero attached hydrogens (tertiary/aromatic N) is 2. The number of amides is 2. The predicted octanol–water partition coefficient (Wildman–Crippen LogP) is 3.55. The van der Waals surface area contributed by atoms with Crippen LogP contribution in [-0.4, -0.2) is 79.5 Å². The first-order chi connectivity index (χ1) is 22.3. The van der Waals surface area contributed by atoms with E-state index in [1.807, 2.05) is 30.3 Å². The first-order valence-corrected chi connectivity index (χ1v) is 17.9. The Bertz CT molecular complexity index is 1660. The fraction of sp³-hybridized carbons (Fsp3) is 0.500. The maximum Gasteiger partial charge on any atom is 0.333 e. The lowest BCUT2D eigenvalue weighted by atomic mass is 9.97. The molecular formula is C32H40N4O9S2. The van der Waals surface area contributed by atoms with Gasteiger partial charge < -0.3 is 24.5 Å². The molecule has 1 aromatic carbocycles. The van der Waals surface area contributed by atoms with Crippen LogP contribution in [0.3, 0.4) is 0 Å². The molecule has 0 bridgehead atoms. The SMILES string of the molecule is CC(C)(C)OC(=O)C(N)C(=O)N1CCC(CC(=O)NOC2CCCCO2)(c2ccc(-c3ccc(-c4cnco4)cc3)s2)S(=O)(=O)CC1. The van der Waals surface area contributed by atoms with Crippen molar-refractivity contribution in [2.24, 2.45) is 5.73 Å². The van der Waals surface area contributed by atoms with Crippen LogP contribution in [0.25, 0.3) is 21.8 Å². The third-order valence-electron chi connectivity index (χ3n) is 8.08. The number of rotatable bonds is 9. The van der Waals surface area contributed by atoms with Crippen molar-refractivity contribution in [2.75, 3.05) is 25.4 Å². The summed E-state index contributed by atoms with van der Waals surface area (Å²) in [4.78, 5) is 51.2. The van der Waals surface area contributed by atoms with E-state index in [4.69, 9.17) is 24.5 Å². The lowest BCUT2D eigenvalue weighted by Crippen LogP contribution is -2.51. The van der Waals surface area contributed by atoms with Gasteiger partial charge in [0.25, 0.3) is 5.91 Å². The molecule has 3 unspecified atom stereocenters. The highest BCUT2D eigenvalue weighted by molar-refractivity contribution is 7.92. The van der Waals surface area contributed by atoms with Gasteiger partial charge in [0.2, 0.25) is 5.91 Å². The molecule has 4 heterocycles. The third-order valence-corrected chi connectivity index (χ3v) is 12.0. The Morgan fingerprint density at radius 2 is 1.87 bits per heavy atom. The summed E-state index contributed by atoms with van der Waals surface area (Å²) >= 11 is 1.26. The molecule has 3 atom stereocenters. The zero-order valence-corrected chi connectivity index (χ0v) is 28.2. The zero-order valence-electron chi connectivity index (χ0n) is 26.6. The summed E-state index contributed by atoms with van der Waals surface area (Å²) in [5, 5.41) is 0. The minimum absolute atomic E-state index is 0.0620. The van der Waals surface area contributed by atoms with E-state index >= 15 is 0 Å². The standard InChI is InChI=1S/C32H40N4O9S2/c1-31(2,3)44-30(39)28(33)29(38)36-14-13-32(47(40,41)17-15-36,18-26(37)35-45-27-6-4-5-16-42-27)25-12-11-24(46-25)22-9-7-21(8-10-22)23-19-34-20-43-23/h7-12,19-20,27-28H,4-6,13-18,33H2,1-3H3,(H,35,37). The number of hydroxylamine groups is 1. The summed E-state index contributed by atoms with van der Waals surface area (Å²) in [5.41, 5.74) is 9.19. The first kappa shape index (κ1) is 34.7. The van der Waals surface area contributed by atoms with Gasteiger partial charge in [-0.25, -0.2) is 28.5 Å². The van der Waals surface area contributed by atoms with E-state index in [0.29, 0.717) is 23.7 Å². The second kappa shape index (κ2) is 14.2. The molecule has 254 valence electrons. The fourth-order valence-corrected chi connectivity index (χ4v) is 9.19. The van der Waals surface area contributed by atoms with Crippen LogP contribution in [0, 0.1) is 0 Å². The predicted molar refractivity (Wildman–Crippen MR) is 173 cm³/mol. The Labute approximate surface area is 277 Å². The van der Waals surface area contributed by atoms with Crippen molar-refractivity contribution in [1.29, 1.82) is 0 Å². The van der Waals surface area contributed by atoms with Gasteiger partial charge in [0.15, 0.2) is 34.3 Å². The van der Waals surface area contributed by atoms with E-state index in [0.717, 1.165) is 28.8 Å². The van der Waals surface area contributed by atoms with Gasteiger partial charge in [0.05, 0.1) is 18.4 Å². The number of esters is 1. The molecule has 0 aliphatic carbocycles. The number of aromatic nitrogens is 1. The van der Waals surface area contributed by atoms with Gasteiger partial charge in [-0.15, -0.1) is 11.3 Å². The zero-order chi connectivity index (χ0) is 33.8. The topological polar surface area (TPSA) is 180 Å². The van der Waals surface area contributed by atoms with Crippen LogP contribution >= 0.6 is 11.3 Å². The van der Waals surface area contributed by atoms with Gasteiger partial charge in [-0.2, -0.15) is 0 Å². The molecular weight excluding hydrogens is 649 g/mol. The van der Waals surface area contributed by atoms with Gasteiger partial charge in [-0.1, -0.05) is 24.3 Å². The lowest BCUT2D eigenvalue weighted by Gasteiger charge is -2.31.